The molecular formula is C17H22N4O2S. The SMILES string of the molecule is Cn1cc(N2CCCC(N3CCOC(c4cccs4)C3)C2=O)cn1. The Labute approximate surface area is 145 Å². The van der Waals surface area contributed by atoms with Crippen LogP contribution in [0.15, 0.2) is 29.9 Å². The summed E-state index contributed by atoms with van der Waals surface area (Å²) in [7, 11) is 1.88. The second-order valence-corrected chi connectivity index (χ2v) is 7.37. The van der Waals surface area contributed by atoms with E-state index in [0.717, 1.165) is 38.2 Å². The van der Waals surface area contributed by atoms with Gasteiger partial charge in [0.1, 0.15) is 6.10 Å². The number of morpholine rings is 1. The number of hydrogen-bond acceptors (Lipinski definition) is 5. The zero-order chi connectivity index (χ0) is 16.5. The van der Waals surface area contributed by atoms with Crippen molar-refractivity contribution in [3.05, 3.63) is 34.8 Å². The minimum atomic E-state index is -0.0506. The lowest BCUT2D eigenvalue weighted by atomic mass is 10.0. The molecule has 24 heavy (non-hydrogen) atoms. The molecule has 0 N–H and O–H groups in total. The molecule has 0 aromatic carbocycles. The number of carbonyl (C=O) groups excluding carboxylic acids is 1. The lowest BCUT2D eigenvalue weighted by Crippen LogP contribution is -2.55. The van der Waals surface area contributed by atoms with Gasteiger partial charge in [0.05, 0.1) is 24.5 Å². The van der Waals surface area contributed by atoms with Gasteiger partial charge < -0.3 is 9.64 Å². The maximum absolute atomic E-state index is 13.0. The fraction of sp³-hybridized carbons (Fsp3) is 0.529. The molecule has 0 saturated carbocycles. The first-order valence-electron chi connectivity index (χ1n) is 8.41. The topological polar surface area (TPSA) is 50.6 Å². The molecular weight excluding hydrogens is 324 g/mol. The van der Waals surface area contributed by atoms with E-state index in [4.69, 9.17) is 4.74 Å². The minimum absolute atomic E-state index is 0.0506. The average molecular weight is 346 g/mol. The molecule has 2 unspecified atom stereocenters. The second kappa shape index (κ2) is 6.66. The van der Waals surface area contributed by atoms with Crippen molar-refractivity contribution in [3.63, 3.8) is 0 Å². The molecule has 1 amide bonds. The third-order valence-corrected chi connectivity index (χ3v) is 5.78. The van der Waals surface area contributed by atoms with Crippen molar-refractivity contribution in [2.75, 3.05) is 31.1 Å². The van der Waals surface area contributed by atoms with Crippen LogP contribution in [0.5, 0.6) is 0 Å². The van der Waals surface area contributed by atoms with Gasteiger partial charge in [-0.25, -0.2) is 0 Å². The highest BCUT2D eigenvalue weighted by Crippen LogP contribution is 2.30. The van der Waals surface area contributed by atoms with Crippen LogP contribution in [0.4, 0.5) is 5.69 Å². The Bertz CT molecular complexity index is 699. The Balaban J connectivity index is 1.49. The Morgan fingerprint density at radius 1 is 1.38 bits per heavy atom. The molecule has 4 heterocycles. The van der Waals surface area contributed by atoms with Gasteiger partial charge in [0.25, 0.3) is 0 Å². The van der Waals surface area contributed by atoms with Gasteiger partial charge in [0.2, 0.25) is 5.91 Å². The van der Waals surface area contributed by atoms with E-state index in [1.54, 1.807) is 22.2 Å². The molecule has 2 aromatic rings. The van der Waals surface area contributed by atoms with Crippen molar-refractivity contribution in [1.82, 2.24) is 14.7 Å². The van der Waals surface area contributed by atoms with Crippen LogP contribution in [0.3, 0.4) is 0 Å². The summed E-state index contributed by atoms with van der Waals surface area (Å²) in [5.41, 5.74) is 0.898. The maximum Gasteiger partial charge on any atom is 0.244 e. The van der Waals surface area contributed by atoms with Crippen molar-refractivity contribution >= 4 is 22.9 Å². The first kappa shape index (κ1) is 15.8. The first-order chi connectivity index (χ1) is 11.7. The highest BCUT2D eigenvalue weighted by atomic mass is 32.1. The number of aryl methyl sites for hydroxylation is 1. The van der Waals surface area contributed by atoms with Gasteiger partial charge in [0, 0.05) is 37.8 Å². The van der Waals surface area contributed by atoms with Crippen molar-refractivity contribution in [3.8, 4) is 0 Å². The molecule has 0 spiro atoms. The van der Waals surface area contributed by atoms with Gasteiger partial charge in [0.15, 0.2) is 0 Å². The number of hydrogen-bond donors (Lipinski definition) is 0. The molecule has 2 aliphatic heterocycles. The van der Waals surface area contributed by atoms with Crippen LogP contribution in [0.1, 0.15) is 23.8 Å². The van der Waals surface area contributed by atoms with Gasteiger partial charge in [-0.2, -0.15) is 5.10 Å². The summed E-state index contributed by atoms with van der Waals surface area (Å²) in [6.07, 6.45) is 5.71. The number of aromatic nitrogens is 2. The third-order valence-electron chi connectivity index (χ3n) is 4.81. The van der Waals surface area contributed by atoms with E-state index in [1.165, 1.54) is 4.88 Å². The highest BCUT2D eigenvalue weighted by molar-refractivity contribution is 7.10. The lowest BCUT2D eigenvalue weighted by Gasteiger charge is -2.41. The zero-order valence-electron chi connectivity index (χ0n) is 13.8. The van der Waals surface area contributed by atoms with Crippen molar-refractivity contribution < 1.29 is 9.53 Å². The van der Waals surface area contributed by atoms with Crippen molar-refractivity contribution in [2.45, 2.75) is 25.0 Å². The van der Waals surface area contributed by atoms with E-state index < -0.39 is 0 Å². The molecule has 0 radical (unpaired) electrons. The molecule has 4 rings (SSSR count). The summed E-state index contributed by atoms with van der Waals surface area (Å²) in [5.74, 6) is 0.195. The monoisotopic (exact) mass is 346 g/mol. The van der Waals surface area contributed by atoms with E-state index >= 15 is 0 Å². The standard InChI is InChI=1S/C17H22N4O2S/c1-19-11-13(10-18-19)21-6-2-4-14(17(21)22)20-7-8-23-15(12-20)16-5-3-9-24-16/h3,5,9-11,14-15H,2,4,6-8,12H2,1H3. The number of amides is 1. The normalized spacial score (nSPS) is 26.0. The molecule has 6 nitrogen and oxygen atoms in total. The number of rotatable bonds is 3. The van der Waals surface area contributed by atoms with E-state index in [2.05, 4.69) is 27.5 Å². The molecule has 2 fully saturated rings. The van der Waals surface area contributed by atoms with Crippen LogP contribution in [-0.2, 0) is 16.6 Å². The quantitative estimate of drug-likeness (QED) is 0.854. The molecule has 2 aliphatic rings. The fourth-order valence-electron chi connectivity index (χ4n) is 3.60. The van der Waals surface area contributed by atoms with Gasteiger partial charge in [-0.3, -0.25) is 14.4 Å². The number of piperidine rings is 1. The van der Waals surface area contributed by atoms with Crippen LogP contribution in [0.25, 0.3) is 0 Å². The maximum atomic E-state index is 13.0. The van der Waals surface area contributed by atoms with Crippen LogP contribution in [-0.4, -0.2) is 52.9 Å². The minimum Gasteiger partial charge on any atom is -0.370 e. The number of carbonyl (C=O) groups is 1. The summed E-state index contributed by atoms with van der Waals surface area (Å²) in [6.45, 7) is 3.07. The second-order valence-electron chi connectivity index (χ2n) is 6.39. The number of ether oxygens (including phenoxy) is 1. The van der Waals surface area contributed by atoms with Gasteiger partial charge >= 0.3 is 0 Å². The van der Waals surface area contributed by atoms with E-state index in [-0.39, 0.29) is 18.1 Å². The Morgan fingerprint density at radius 3 is 3.04 bits per heavy atom. The summed E-state index contributed by atoms with van der Waals surface area (Å²) in [5, 5.41) is 6.28. The zero-order valence-corrected chi connectivity index (χ0v) is 14.6. The number of anilines is 1. The Hall–Kier alpha value is -1.70. The van der Waals surface area contributed by atoms with E-state index in [1.807, 2.05) is 18.1 Å². The van der Waals surface area contributed by atoms with Crippen LogP contribution in [0, 0.1) is 0 Å². The highest BCUT2D eigenvalue weighted by Gasteiger charge is 2.37. The van der Waals surface area contributed by atoms with Crippen molar-refractivity contribution in [1.29, 1.82) is 0 Å². The van der Waals surface area contributed by atoms with Gasteiger partial charge in [-0.15, -0.1) is 11.3 Å². The average Bonchev–Trinajstić information content (AvgIpc) is 3.27. The molecule has 2 saturated heterocycles. The fourth-order valence-corrected chi connectivity index (χ4v) is 4.36. The molecule has 0 bridgehead atoms. The van der Waals surface area contributed by atoms with Crippen molar-refractivity contribution in [2.24, 2.45) is 7.05 Å². The van der Waals surface area contributed by atoms with Crippen LogP contribution < -0.4 is 4.90 Å². The molecule has 2 atom stereocenters. The summed E-state index contributed by atoms with van der Waals surface area (Å²) < 4.78 is 7.67. The first-order valence-corrected chi connectivity index (χ1v) is 9.29. The van der Waals surface area contributed by atoms with Crippen LogP contribution >= 0.6 is 11.3 Å². The third kappa shape index (κ3) is 2.99. The summed E-state index contributed by atoms with van der Waals surface area (Å²) in [4.78, 5) is 18.5. The summed E-state index contributed by atoms with van der Waals surface area (Å²) in [6, 6.07) is 4.12. The Morgan fingerprint density at radius 2 is 2.29 bits per heavy atom. The molecule has 0 aliphatic carbocycles. The van der Waals surface area contributed by atoms with Crippen LogP contribution in [0.2, 0.25) is 0 Å². The number of thiophene rings is 1. The smallest absolute Gasteiger partial charge is 0.244 e. The molecule has 7 heteroatoms. The predicted molar refractivity (Wildman–Crippen MR) is 93.2 cm³/mol. The van der Waals surface area contributed by atoms with E-state index in [9.17, 15) is 4.79 Å². The summed E-state index contributed by atoms with van der Waals surface area (Å²) >= 11 is 1.72. The Kier molecular flexibility index (Phi) is 4.39. The lowest BCUT2D eigenvalue weighted by molar-refractivity contribution is -0.129. The molecule has 2 aromatic heterocycles. The predicted octanol–water partition coefficient (Wildman–Crippen LogP) is 2.05. The van der Waals surface area contributed by atoms with Gasteiger partial charge in [-0.1, -0.05) is 6.07 Å². The largest absolute Gasteiger partial charge is 0.370 e. The number of nitrogens with zero attached hydrogens (tertiary/aromatic N) is 4. The molecule has 128 valence electrons. The van der Waals surface area contributed by atoms with E-state index in [0.29, 0.717) is 6.61 Å². The van der Waals surface area contributed by atoms with Gasteiger partial charge in [-0.05, 0) is 24.3 Å².